The molecular formula is C25H24FN3O4S. The van der Waals surface area contributed by atoms with Gasteiger partial charge in [-0.1, -0.05) is 36.0 Å². The van der Waals surface area contributed by atoms with Gasteiger partial charge in [0, 0.05) is 23.0 Å². The number of allylic oxidation sites excluding steroid dienone is 1. The average molecular weight is 482 g/mol. The Balaban J connectivity index is 1.66. The fraction of sp³-hybridized carbons (Fsp3) is 0.240. The Hall–Kier alpha value is -3.59. The molecule has 1 amide bonds. The fourth-order valence-electron chi connectivity index (χ4n) is 3.90. The van der Waals surface area contributed by atoms with Crippen LogP contribution in [0.2, 0.25) is 0 Å². The van der Waals surface area contributed by atoms with Crippen LogP contribution >= 0.6 is 11.8 Å². The molecule has 2 aromatic rings. The summed E-state index contributed by atoms with van der Waals surface area (Å²) < 4.78 is 25.5. The van der Waals surface area contributed by atoms with Gasteiger partial charge in [-0.3, -0.25) is 4.79 Å². The Morgan fingerprint density at radius 2 is 2.00 bits per heavy atom. The summed E-state index contributed by atoms with van der Waals surface area (Å²) in [5, 5.41) is 5.23. The van der Waals surface area contributed by atoms with E-state index in [0.29, 0.717) is 33.6 Å². The normalized spacial score (nSPS) is 17.1. The molecule has 2 aliphatic heterocycles. The number of ether oxygens (including phenoxy) is 2. The molecule has 1 N–H and O–H groups in total. The summed E-state index contributed by atoms with van der Waals surface area (Å²) in [5.41, 5.74) is 2.21. The molecule has 0 bridgehead atoms. The lowest BCUT2D eigenvalue weighted by Crippen LogP contribution is -2.38. The van der Waals surface area contributed by atoms with E-state index in [1.807, 2.05) is 0 Å². The highest BCUT2D eigenvalue weighted by Crippen LogP contribution is 2.45. The van der Waals surface area contributed by atoms with Crippen LogP contribution in [0.25, 0.3) is 0 Å². The maximum Gasteiger partial charge on any atom is 0.338 e. The highest BCUT2D eigenvalue weighted by atomic mass is 32.2. The first-order valence-electron chi connectivity index (χ1n) is 10.7. The van der Waals surface area contributed by atoms with E-state index in [-0.39, 0.29) is 24.5 Å². The quantitative estimate of drug-likeness (QED) is 0.561. The maximum atomic E-state index is 15.0. The number of esters is 1. The molecule has 0 saturated heterocycles. The van der Waals surface area contributed by atoms with Crippen molar-refractivity contribution in [3.8, 4) is 5.75 Å². The van der Waals surface area contributed by atoms with Crippen molar-refractivity contribution in [3.05, 3.63) is 82.3 Å². The lowest BCUT2D eigenvalue weighted by atomic mass is 9.93. The Bertz CT molecular complexity index is 1220. The second-order valence-electron chi connectivity index (χ2n) is 7.59. The van der Waals surface area contributed by atoms with Crippen molar-refractivity contribution >= 4 is 34.5 Å². The predicted octanol–water partition coefficient (Wildman–Crippen LogP) is 5.00. The number of anilines is 1. The third kappa shape index (κ3) is 4.70. The number of amidine groups is 1. The van der Waals surface area contributed by atoms with Gasteiger partial charge in [-0.15, -0.1) is 0 Å². The van der Waals surface area contributed by atoms with Gasteiger partial charge in [0.15, 0.2) is 5.17 Å². The minimum atomic E-state index is -0.807. The molecule has 2 heterocycles. The van der Waals surface area contributed by atoms with Crippen molar-refractivity contribution in [2.75, 3.05) is 19.0 Å². The molecule has 0 spiro atoms. The van der Waals surface area contributed by atoms with Crippen LogP contribution in [-0.2, 0) is 14.3 Å². The van der Waals surface area contributed by atoms with Gasteiger partial charge >= 0.3 is 5.97 Å². The van der Waals surface area contributed by atoms with E-state index < -0.39 is 17.8 Å². The molecule has 4 rings (SSSR count). The first-order valence-corrected chi connectivity index (χ1v) is 11.6. The molecule has 0 radical (unpaired) electrons. The summed E-state index contributed by atoms with van der Waals surface area (Å²) in [4.78, 5) is 32.1. The smallest absolute Gasteiger partial charge is 0.338 e. The van der Waals surface area contributed by atoms with Crippen LogP contribution < -0.4 is 10.1 Å². The summed E-state index contributed by atoms with van der Waals surface area (Å²) in [6.45, 7) is 3.60. The summed E-state index contributed by atoms with van der Waals surface area (Å²) in [6, 6.07) is 12.5. The van der Waals surface area contributed by atoms with Gasteiger partial charge in [0.25, 0.3) is 0 Å². The van der Waals surface area contributed by atoms with Gasteiger partial charge in [0.2, 0.25) is 5.91 Å². The monoisotopic (exact) mass is 481 g/mol. The highest BCUT2D eigenvalue weighted by molar-refractivity contribution is 8.16. The number of rotatable bonds is 7. The van der Waals surface area contributed by atoms with Crippen LogP contribution in [0, 0.1) is 5.82 Å². The van der Waals surface area contributed by atoms with Crippen LogP contribution in [0.5, 0.6) is 5.75 Å². The van der Waals surface area contributed by atoms with Crippen molar-refractivity contribution < 1.29 is 23.5 Å². The number of amides is 1. The molecular weight excluding hydrogens is 457 g/mol. The van der Waals surface area contributed by atoms with E-state index in [4.69, 9.17) is 9.47 Å². The molecule has 1 unspecified atom stereocenters. The molecule has 0 aliphatic carbocycles. The molecule has 1 atom stereocenters. The molecule has 0 fully saturated rings. The van der Waals surface area contributed by atoms with E-state index in [0.717, 1.165) is 0 Å². The van der Waals surface area contributed by atoms with Gasteiger partial charge in [-0.2, -0.15) is 0 Å². The number of thioether (sulfide) groups is 1. The number of nitrogens with one attached hydrogen (secondary N) is 1. The van der Waals surface area contributed by atoms with E-state index in [2.05, 4.69) is 10.3 Å². The number of hydrogen-bond donors (Lipinski definition) is 1. The van der Waals surface area contributed by atoms with E-state index in [1.54, 1.807) is 73.7 Å². The van der Waals surface area contributed by atoms with E-state index in [9.17, 15) is 14.0 Å². The van der Waals surface area contributed by atoms with Crippen LogP contribution in [0.1, 0.15) is 31.9 Å². The molecule has 9 heteroatoms. The zero-order valence-corrected chi connectivity index (χ0v) is 19.8. The number of benzene rings is 2. The molecule has 34 heavy (non-hydrogen) atoms. The van der Waals surface area contributed by atoms with Crippen LogP contribution in [-0.4, -0.2) is 35.7 Å². The molecule has 7 nitrogen and oxygen atoms in total. The van der Waals surface area contributed by atoms with Crippen molar-refractivity contribution in [1.29, 1.82) is 0 Å². The topological polar surface area (TPSA) is 80.2 Å². The van der Waals surface area contributed by atoms with Gasteiger partial charge in [0.05, 0.1) is 37.4 Å². The Kier molecular flexibility index (Phi) is 7.02. The van der Waals surface area contributed by atoms with Crippen LogP contribution in [0.3, 0.4) is 0 Å². The molecule has 176 valence electrons. The van der Waals surface area contributed by atoms with Crippen LogP contribution in [0.4, 0.5) is 10.1 Å². The Labute approximate surface area is 201 Å². The SMILES string of the molecule is CCOC(=O)C1=C(C)N=C2SC=C(CC(=O)Nc3cccc(OC)c3)N2C1c1ccccc1F. The van der Waals surface area contributed by atoms with Crippen LogP contribution in [0.15, 0.2) is 75.9 Å². The fourth-order valence-corrected chi connectivity index (χ4v) is 4.87. The summed E-state index contributed by atoms with van der Waals surface area (Å²) >= 11 is 1.33. The second-order valence-corrected chi connectivity index (χ2v) is 8.43. The Morgan fingerprint density at radius 3 is 2.74 bits per heavy atom. The molecule has 0 saturated carbocycles. The zero-order chi connectivity index (χ0) is 24.2. The van der Waals surface area contributed by atoms with Crippen molar-refractivity contribution in [3.63, 3.8) is 0 Å². The number of hydrogen-bond acceptors (Lipinski definition) is 7. The standard InChI is InChI=1S/C25H24FN3O4S/c1-4-33-24(31)22-15(2)27-25-29(23(22)19-10-5-6-11-20(19)26)17(14-34-25)13-21(30)28-16-8-7-9-18(12-16)32-3/h5-12,14,23H,4,13H2,1-3H3,(H,28,30). The number of fused-ring (bicyclic) bond motifs is 1. The lowest BCUT2D eigenvalue weighted by molar-refractivity contribution is -0.139. The number of methoxy groups -OCH3 is 1. The van der Waals surface area contributed by atoms with Gasteiger partial charge < -0.3 is 19.7 Å². The molecule has 0 aromatic heterocycles. The second kappa shape index (κ2) is 10.1. The minimum Gasteiger partial charge on any atom is -0.497 e. The highest BCUT2D eigenvalue weighted by Gasteiger charge is 2.42. The van der Waals surface area contributed by atoms with Crippen molar-refractivity contribution in [2.24, 2.45) is 4.99 Å². The number of carbonyl (C=O) groups excluding carboxylic acids is 2. The number of carbonyl (C=O) groups is 2. The van der Waals surface area contributed by atoms with Crippen molar-refractivity contribution in [1.82, 2.24) is 4.90 Å². The van der Waals surface area contributed by atoms with E-state index in [1.165, 1.54) is 17.8 Å². The van der Waals surface area contributed by atoms with Gasteiger partial charge in [-0.25, -0.2) is 14.2 Å². The van der Waals surface area contributed by atoms with Gasteiger partial charge in [-0.05, 0) is 37.5 Å². The van der Waals surface area contributed by atoms with Gasteiger partial charge in [0.1, 0.15) is 11.6 Å². The third-order valence-electron chi connectivity index (χ3n) is 5.39. The Morgan fingerprint density at radius 1 is 1.21 bits per heavy atom. The number of aliphatic imine (C=N–C) groups is 1. The summed E-state index contributed by atoms with van der Waals surface area (Å²) in [6.07, 6.45) is 0.00331. The first kappa shape index (κ1) is 23.6. The average Bonchev–Trinajstić information content (AvgIpc) is 3.20. The minimum absolute atomic E-state index is 0.00331. The summed E-state index contributed by atoms with van der Waals surface area (Å²) in [5.74, 6) is -0.663. The lowest BCUT2D eigenvalue weighted by Gasteiger charge is -2.36. The predicted molar refractivity (Wildman–Crippen MR) is 130 cm³/mol. The zero-order valence-electron chi connectivity index (χ0n) is 19.0. The number of nitrogens with zero attached hydrogens (tertiary/aromatic N) is 2. The first-order chi connectivity index (χ1) is 16.4. The number of halogens is 1. The largest absolute Gasteiger partial charge is 0.497 e. The third-order valence-corrected chi connectivity index (χ3v) is 6.28. The summed E-state index contributed by atoms with van der Waals surface area (Å²) in [7, 11) is 1.55. The molecule has 2 aliphatic rings. The van der Waals surface area contributed by atoms with Crippen molar-refractivity contribution in [2.45, 2.75) is 26.3 Å². The molecule has 2 aromatic carbocycles. The maximum absolute atomic E-state index is 15.0. The van der Waals surface area contributed by atoms with E-state index >= 15 is 0 Å².